The number of methoxy groups -OCH3 is 1. The molecule has 3 aromatic rings. The minimum atomic E-state index is -3.83. The summed E-state index contributed by atoms with van der Waals surface area (Å²) >= 11 is 0. The van der Waals surface area contributed by atoms with Crippen LogP contribution in [0.4, 0.5) is 0 Å². The molecule has 3 heterocycles. The standard InChI is InChI=1S/C38H45N5O7S/c1-22-10-9-12-30(39-22)31-20-33(27-15-16-32(49-4)23(2)34(27)40-31)50-25-18-28-29(19-25)36(45)43(3)17-8-6-5-7-11-24-21-38(24,41-35(28)44)37(46)42-51(47,48)26-13-14-26/h7,9-12,15-16,20,24-26,28-29H,5-6,8,13-14,17-19,21H2,1-4H3,(H,41,44)(H,42,46)/t24-,25-,28-,29-,38?/m1/s1. The number of aromatic nitrogens is 2. The number of nitrogens with zero attached hydrogens (tertiary/aromatic N) is 3. The van der Waals surface area contributed by atoms with E-state index < -0.39 is 50.6 Å². The summed E-state index contributed by atoms with van der Waals surface area (Å²) in [4.78, 5) is 53.2. The normalized spacial score (nSPS) is 26.9. The Morgan fingerprint density at radius 1 is 1.02 bits per heavy atom. The molecule has 2 N–H and O–H groups in total. The first-order chi connectivity index (χ1) is 24.4. The Hall–Kier alpha value is -4.52. The Morgan fingerprint density at radius 3 is 2.55 bits per heavy atom. The van der Waals surface area contributed by atoms with Crippen LogP contribution in [0.2, 0.25) is 0 Å². The predicted octanol–water partition coefficient (Wildman–Crippen LogP) is 4.38. The molecule has 0 radical (unpaired) electrons. The second kappa shape index (κ2) is 13.6. The van der Waals surface area contributed by atoms with Gasteiger partial charge in [-0.1, -0.05) is 18.2 Å². The summed E-state index contributed by atoms with van der Waals surface area (Å²) in [5.74, 6) is -1.93. The summed E-state index contributed by atoms with van der Waals surface area (Å²) in [5.41, 5.74) is 2.27. The molecule has 1 aliphatic heterocycles. The molecule has 1 aromatic carbocycles. The summed E-state index contributed by atoms with van der Waals surface area (Å²) < 4.78 is 40.1. The van der Waals surface area contributed by atoms with Gasteiger partial charge in [-0.25, -0.2) is 13.4 Å². The number of nitrogens with one attached hydrogen (secondary N) is 2. The molecule has 0 spiro atoms. The third-order valence-electron chi connectivity index (χ3n) is 10.8. The van der Waals surface area contributed by atoms with Crippen LogP contribution in [0.3, 0.4) is 0 Å². The minimum absolute atomic E-state index is 0.152. The molecule has 0 bridgehead atoms. The number of hydrogen-bond acceptors (Lipinski definition) is 9. The van der Waals surface area contributed by atoms with Crippen molar-refractivity contribution in [2.45, 2.75) is 82.1 Å². The fourth-order valence-electron chi connectivity index (χ4n) is 7.59. The van der Waals surface area contributed by atoms with E-state index >= 15 is 0 Å². The van der Waals surface area contributed by atoms with Crippen molar-refractivity contribution in [1.82, 2.24) is 24.9 Å². The van der Waals surface area contributed by atoms with Crippen molar-refractivity contribution < 1.29 is 32.3 Å². The zero-order valence-corrected chi connectivity index (χ0v) is 30.3. The van der Waals surface area contributed by atoms with Gasteiger partial charge in [0.1, 0.15) is 23.1 Å². The Labute approximate surface area is 298 Å². The van der Waals surface area contributed by atoms with E-state index in [4.69, 9.17) is 14.5 Å². The maximum atomic E-state index is 14.2. The number of ether oxygens (including phenoxy) is 2. The first-order valence-corrected chi connectivity index (χ1v) is 19.3. The summed E-state index contributed by atoms with van der Waals surface area (Å²) in [5, 5.41) is 3.13. The van der Waals surface area contributed by atoms with Crippen molar-refractivity contribution in [1.29, 1.82) is 0 Å². The quantitative estimate of drug-likeness (QED) is 0.339. The number of rotatable bonds is 7. The van der Waals surface area contributed by atoms with Gasteiger partial charge in [-0.05, 0) is 89.5 Å². The number of hydrogen-bond donors (Lipinski definition) is 2. The van der Waals surface area contributed by atoms with Crippen LogP contribution in [0.1, 0.15) is 62.6 Å². The average molecular weight is 716 g/mol. The molecular weight excluding hydrogens is 671 g/mol. The number of pyridine rings is 2. The molecule has 3 amide bonds. The van der Waals surface area contributed by atoms with Crippen LogP contribution in [0, 0.1) is 31.6 Å². The van der Waals surface area contributed by atoms with Crippen LogP contribution < -0.4 is 19.5 Å². The third-order valence-corrected chi connectivity index (χ3v) is 12.6. The lowest BCUT2D eigenvalue weighted by molar-refractivity contribution is -0.140. The molecule has 1 unspecified atom stereocenters. The highest BCUT2D eigenvalue weighted by Gasteiger charge is 2.62. The monoisotopic (exact) mass is 715 g/mol. The number of sulfonamides is 1. The number of amides is 3. The van der Waals surface area contributed by atoms with Gasteiger partial charge < -0.3 is 19.7 Å². The molecule has 2 aromatic heterocycles. The number of allylic oxidation sites excluding steroid dienone is 1. The van der Waals surface area contributed by atoms with Crippen LogP contribution in [-0.4, -0.2) is 78.6 Å². The SMILES string of the molecule is COc1ccc2c(O[C@@H]3C[C@H]4C(=O)NC5(C(=O)NS(=O)(=O)C6CC6)C[C@H]5C=CCCCCN(C)C(=O)[C@@H]4C3)cc(-c3cccc(C)n3)nc2c1C. The zero-order chi connectivity index (χ0) is 36.1. The van der Waals surface area contributed by atoms with Crippen molar-refractivity contribution in [2.75, 3.05) is 20.7 Å². The van der Waals surface area contributed by atoms with Gasteiger partial charge in [-0.2, -0.15) is 0 Å². The predicted molar refractivity (Wildman–Crippen MR) is 191 cm³/mol. The minimum Gasteiger partial charge on any atom is -0.496 e. The first-order valence-electron chi connectivity index (χ1n) is 17.8. The van der Waals surface area contributed by atoms with E-state index in [1.54, 1.807) is 19.1 Å². The number of fused-ring (bicyclic) bond motifs is 3. The van der Waals surface area contributed by atoms with Gasteiger partial charge in [0.25, 0.3) is 5.91 Å². The Bertz CT molecular complexity index is 2030. The number of carbonyl (C=O) groups excluding carboxylic acids is 3. The molecule has 3 fully saturated rings. The molecule has 5 atom stereocenters. The Kier molecular flexibility index (Phi) is 9.28. The van der Waals surface area contributed by atoms with Crippen LogP contribution >= 0.6 is 0 Å². The second-order valence-electron chi connectivity index (χ2n) is 14.5. The maximum Gasteiger partial charge on any atom is 0.259 e. The molecule has 4 aliphatic rings. The highest BCUT2D eigenvalue weighted by Crippen LogP contribution is 2.47. The number of aryl methyl sites for hydroxylation is 2. The van der Waals surface area contributed by atoms with Gasteiger partial charge in [0.2, 0.25) is 21.8 Å². The lowest BCUT2D eigenvalue weighted by Gasteiger charge is -2.26. The smallest absolute Gasteiger partial charge is 0.259 e. The van der Waals surface area contributed by atoms with Gasteiger partial charge in [-0.15, -0.1) is 0 Å². The fourth-order valence-corrected chi connectivity index (χ4v) is 8.95. The summed E-state index contributed by atoms with van der Waals surface area (Å²) in [7, 11) is -0.457. The van der Waals surface area contributed by atoms with Crippen molar-refractivity contribution in [3.63, 3.8) is 0 Å². The van der Waals surface area contributed by atoms with Gasteiger partial charge in [0, 0.05) is 42.2 Å². The van der Waals surface area contributed by atoms with Gasteiger partial charge in [0.15, 0.2) is 0 Å². The van der Waals surface area contributed by atoms with E-state index in [0.717, 1.165) is 35.9 Å². The fraction of sp³-hybridized carbons (Fsp3) is 0.500. The lowest BCUT2D eigenvalue weighted by Crippen LogP contribution is -2.54. The molecule has 0 saturated heterocycles. The van der Waals surface area contributed by atoms with Crippen molar-refractivity contribution in [3.05, 3.63) is 59.8 Å². The summed E-state index contributed by atoms with van der Waals surface area (Å²) in [6.07, 6.45) is 7.58. The highest BCUT2D eigenvalue weighted by molar-refractivity contribution is 7.91. The third kappa shape index (κ3) is 6.92. The van der Waals surface area contributed by atoms with E-state index in [1.165, 1.54) is 0 Å². The van der Waals surface area contributed by atoms with Crippen molar-refractivity contribution in [2.24, 2.45) is 17.8 Å². The van der Waals surface area contributed by atoms with E-state index in [-0.39, 0.29) is 31.1 Å². The Morgan fingerprint density at radius 2 is 1.80 bits per heavy atom. The molecular formula is C38H45N5O7S. The zero-order valence-electron chi connectivity index (χ0n) is 29.5. The van der Waals surface area contributed by atoms with E-state index in [1.807, 2.05) is 62.4 Å². The summed E-state index contributed by atoms with van der Waals surface area (Å²) in [6, 6.07) is 11.3. The van der Waals surface area contributed by atoms with E-state index in [0.29, 0.717) is 47.8 Å². The van der Waals surface area contributed by atoms with Gasteiger partial charge in [-0.3, -0.25) is 24.1 Å². The van der Waals surface area contributed by atoms with Crippen LogP contribution in [0.15, 0.2) is 48.6 Å². The molecule has 3 aliphatic carbocycles. The molecule has 12 nitrogen and oxygen atoms in total. The van der Waals surface area contributed by atoms with Crippen LogP contribution in [0.5, 0.6) is 11.5 Å². The average Bonchev–Trinajstić information content (AvgIpc) is 4.03. The number of benzene rings is 1. The topological polar surface area (TPSA) is 157 Å². The first kappa shape index (κ1) is 34.9. The van der Waals surface area contributed by atoms with Crippen molar-refractivity contribution >= 4 is 38.6 Å². The van der Waals surface area contributed by atoms with Crippen molar-refractivity contribution in [3.8, 4) is 22.9 Å². The summed E-state index contributed by atoms with van der Waals surface area (Å²) in [6.45, 7) is 4.41. The second-order valence-corrected chi connectivity index (χ2v) is 16.5. The maximum absolute atomic E-state index is 14.2. The number of carbonyl (C=O) groups is 3. The van der Waals surface area contributed by atoms with E-state index in [2.05, 4.69) is 15.0 Å². The van der Waals surface area contributed by atoms with E-state index in [9.17, 15) is 22.8 Å². The van der Waals surface area contributed by atoms with Crippen LogP contribution in [-0.2, 0) is 24.4 Å². The highest BCUT2D eigenvalue weighted by atomic mass is 32.2. The lowest BCUT2D eigenvalue weighted by atomic mass is 9.93. The van der Waals surface area contributed by atoms with Gasteiger partial charge >= 0.3 is 0 Å². The van der Waals surface area contributed by atoms with Gasteiger partial charge in [0.05, 0.1) is 41.1 Å². The molecule has 51 heavy (non-hydrogen) atoms. The van der Waals surface area contributed by atoms with Crippen LogP contribution in [0.25, 0.3) is 22.3 Å². The Balaban J connectivity index is 1.21. The molecule has 7 rings (SSSR count). The molecule has 3 saturated carbocycles. The molecule has 13 heteroatoms. The largest absolute Gasteiger partial charge is 0.496 e. The molecule has 270 valence electrons.